The first-order valence-electron chi connectivity index (χ1n) is 4.53. The third kappa shape index (κ3) is 1.71. The van der Waals surface area contributed by atoms with E-state index in [1.807, 2.05) is 12.1 Å². The number of benzene rings is 1. The Labute approximate surface area is 86.6 Å². The van der Waals surface area contributed by atoms with Crippen molar-refractivity contribution in [2.75, 3.05) is 18.8 Å². The molecule has 2 rings (SSSR count). The van der Waals surface area contributed by atoms with Gasteiger partial charge in [0.2, 0.25) is 0 Å². The monoisotopic (exact) mass is 240 g/mol. The summed E-state index contributed by atoms with van der Waals surface area (Å²) in [4.78, 5) is 0. The van der Waals surface area contributed by atoms with E-state index in [-0.39, 0.29) is 0 Å². The standard InChI is InChI=1S/C10H13BrN2/c11-9-3-1-2-8(10(9)12)7-4-5-13-6-7/h1-3,7,13H,4-6,12H2. The molecule has 0 spiro atoms. The molecule has 0 radical (unpaired) electrons. The number of hydrogen-bond donors (Lipinski definition) is 2. The van der Waals surface area contributed by atoms with Crippen LogP contribution in [0.5, 0.6) is 0 Å². The van der Waals surface area contributed by atoms with E-state index >= 15 is 0 Å². The molecule has 3 heteroatoms. The van der Waals surface area contributed by atoms with Gasteiger partial charge in [-0.2, -0.15) is 0 Å². The van der Waals surface area contributed by atoms with Gasteiger partial charge in [0.25, 0.3) is 0 Å². The van der Waals surface area contributed by atoms with Crippen LogP contribution in [0.2, 0.25) is 0 Å². The van der Waals surface area contributed by atoms with Crippen molar-refractivity contribution in [3.63, 3.8) is 0 Å². The number of nitrogens with one attached hydrogen (secondary N) is 1. The van der Waals surface area contributed by atoms with Gasteiger partial charge < -0.3 is 11.1 Å². The normalized spacial score (nSPS) is 22.1. The maximum absolute atomic E-state index is 5.99. The fourth-order valence-corrected chi connectivity index (χ4v) is 2.21. The average molecular weight is 241 g/mol. The lowest BCUT2D eigenvalue weighted by Crippen LogP contribution is -2.09. The van der Waals surface area contributed by atoms with Crippen LogP contribution in [-0.4, -0.2) is 13.1 Å². The van der Waals surface area contributed by atoms with Crippen molar-refractivity contribution in [3.05, 3.63) is 28.2 Å². The van der Waals surface area contributed by atoms with Crippen molar-refractivity contribution in [2.24, 2.45) is 0 Å². The summed E-state index contributed by atoms with van der Waals surface area (Å²) < 4.78 is 1.01. The Hall–Kier alpha value is -0.540. The number of anilines is 1. The lowest BCUT2D eigenvalue weighted by atomic mass is 9.97. The highest BCUT2D eigenvalue weighted by Crippen LogP contribution is 2.31. The van der Waals surface area contributed by atoms with Gasteiger partial charge in [-0.3, -0.25) is 0 Å². The summed E-state index contributed by atoms with van der Waals surface area (Å²) in [5.74, 6) is 0.595. The molecule has 70 valence electrons. The zero-order chi connectivity index (χ0) is 9.26. The quantitative estimate of drug-likeness (QED) is 0.739. The average Bonchev–Trinajstić information content (AvgIpc) is 2.62. The second-order valence-electron chi connectivity index (χ2n) is 3.43. The van der Waals surface area contributed by atoms with E-state index in [0.29, 0.717) is 5.92 Å². The Morgan fingerprint density at radius 2 is 2.31 bits per heavy atom. The van der Waals surface area contributed by atoms with Gasteiger partial charge in [0, 0.05) is 16.7 Å². The summed E-state index contributed by atoms with van der Waals surface area (Å²) in [5, 5.41) is 3.35. The minimum atomic E-state index is 0.595. The Morgan fingerprint density at radius 1 is 1.46 bits per heavy atom. The van der Waals surface area contributed by atoms with Crippen LogP contribution in [0, 0.1) is 0 Å². The predicted molar refractivity (Wildman–Crippen MR) is 58.8 cm³/mol. The van der Waals surface area contributed by atoms with Gasteiger partial charge in [0.05, 0.1) is 0 Å². The van der Waals surface area contributed by atoms with Crippen LogP contribution in [0.15, 0.2) is 22.7 Å². The Bertz CT molecular complexity index is 306. The first-order chi connectivity index (χ1) is 6.29. The van der Waals surface area contributed by atoms with Crippen LogP contribution >= 0.6 is 15.9 Å². The fourth-order valence-electron chi connectivity index (χ4n) is 1.83. The first kappa shape index (κ1) is 9.03. The van der Waals surface area contributed by atoms with Crippen LogP contribution < -0.4 is 11.1 Å². The summed E-state index contributed by atoms with van der Waals surface area (Å²) in [6, 6.07) is 6.16. The largest absolute Gasteiger partial charge is 0.398 e. The van der Waals surface area contributed by atoms with Crippen LogP contribution in [-0.2, 0) is 0 Å². The van der Waals surface area contributed by atoms with Crippen LogP contribution in [0.25, 0.3) is 0 Å². The molecule has 2 nitrogen and oxygen atoms in total. The summed E-state index contributed by atoms with van der Waals surface area (Å²) in [5.41, 5.74) is 8.16. The molecule has 0 amide bonds. The number of hydrogen-bond acceptors (Lipinski definition) is 2. The molecule has 1 heterocycles. The van der Waals surface area contributed by atoms with Crippen LogP contribution in [0.3, 0.4) is 0 Å². The zero-order valence-electron chi connectivity index (χ0n) is 7.39. The van der Waals surface area contributed by atoms with Crippen molar-refractivity contribution >= 4 is 21.6 Å². The van der Waals surface area contributed by atoms with Crippen molar-refractivity contribution in [1.82, 2.24) is 5.32 Å². The maximum Gasteiger partial charge on any atom is 0.0494 e. The summed E-state index contributed by atoms with van der Waals surface area (Å²) in [7, 11) is 0. The zero-order valence-corrected chi connectivity index (χ0v) is 8.97. The minimum absolute atomic E-state index is 0.595. The number of nitrogens with two attached hydrogens (primary N) is 1. The fraction of sp³-hybridized carbons (Fsp3) is 0.400. The molecule has 1 unspecified atom stereocenters. The highest BCUT2D eigenvalue weighted by atomic mass is 79.9. The minimum Gasteiger partial charge on any atom is -0.398 e. The number of rotatable bonds is 1. The molecule has 0 saturated carbocycles. The lowest BCUT2D eigenvalue weighted by molar-refractivity contribution is 0.765. The SMILES string of the molecule is Nc1c(Br)cccc1C1CCNC1. The molecule has 1 aliphatic rings. The summed E-state index contributed by atoms with van der Waals surface area (Å²) >= 11 is 3.45. The molecule has 1 aliphatic heterocycles. The van der Waals surface area contributed by atoms with Gasteiger partial charge in [-0.1, -0.05) is 12.1 Å². The molecular weight excluding hydrogens is 228 g/mol. The van der Waals surface area contributed by atoms with Gasteiger partial charge in [0.1, 0.15) is 0 Å². The second-order valence-corrected chi connectivity index (χ2v) is 4.29. The smallest absolute Gasteiger partial charge is 0.0494 e. The third-order valence-electron chi connectivity index (χ3n) is 2.59. The number of halogens is 1. The molecule has 0 aliphatic carbocycles. The third-order valence-corrected chi connectivity index (χ3v) is 3.28. The summed E-state index contributed by atoms with van der Waals surface area (Å²) in [6.07, 6.45) is 1.20. The number of nitrogen functional groups attached to an aromatic ring is 1. The molecule has 1 aromatic rings. The molecule has 3 N–H and O–H groups in total. The molecule has 13 heavy (non-hydrogen) atoms. The topological polar surface area (TPSA) is 38.0 Å². The van der Waals surface area contributed by atoms with Gasteiger partial charge in [-0.25, -0.2) is 0 Å². The van der Waals surface area contributed by atoms with E-state index in [2.05, 4.69) is 27.3 Å². The number of para-hydroxylation sites is 1. The molecular formula is C10H13BrN2. The van der Waals surface area contributed by atoms with Crippen molar-refractivity contribution < 1.29 is 0 Å². The van der Waals surface area contributed by atoms with Crippen molar-refractivity contribution in [3.8, 4) is 0 Å². The van der Waals surface area contributed by atoms with Gasteiger partial charge in [-0.15, -0.1) is 0 Å². The molecule has 1 aromatic carbocycles. The van der Waals surface area contributed by atoms with Crippen molar-refractivity contribution in [2.45, 2.75) is 12.3 Å². The Morgan fingerprint density at radius 3 is 3.00 bits per heavy atom. The Kier molecular flexibility index (Phi) is 2.56. The van der Waals surface area contributed by atoms with E-state index in [1.54, 1.807) is 0 Å². The van der Waals surface area contributed by atoms with Gasteiger partial charge in [-0.05, 0) is 46.4 Å². The first-order valence-corrected chi connectivity index (χ1v) is 5.33. The van der Waals surface area contributed by atoms with Crippen LogP contribution in [0.4, 0.5) is 5.69 Å². The Balaban J connectivity index is 2.33. The van der Waals surface area contributed by atoms with Gasteiger partial charge >= 0.3 is 0 Å². The second kappa shape index (κ2) is 3.68. The predicted octanol–water partition coefficient (Wildman–Crippen LogP) is 2.11. The van der Waals surface area contributed by atoms with Crippen molar-refractivity contribution in [1.29, 1.82) is 0 Å². The molecule has 1 atom stereocenters. The molecule has 1 saturated heterocycles. The van der Waals surface area contributed by atoms with E-state index < -0.39 is 0 Å². The highest BCUT2D eigenvalue weighted by Gasteiger charge is 2.19. The summed E-state index contributed by atoms with van der Waals surface area (Å²) in [6.45, 7) is 2.16. The lowest BCUT2D eigenvalue weighted by Gasteiger charge is -2.12. The van der Waals surface area contributed by atoms with E-state index in [4.69, 9.17) is 5.73 Å². The van der Waals surface area contributed by atoms with Gasteiger partial charge in [0.15, 0.2) is 0 Å². The highest BCUT2D eigenvalue weighted by molar-refractivity contribution is 9.10. The van der Waals surface area contributed by atoms with E-state index in [9.17, 15) is 0 Å². The molecule has 1 fully saturated rings. The van der Waals surface area contributed by atoms with E-state index in [1.165, 1.54) is 12.0 Å². The molecule has 0 aromatic heterocycles. The van der Waals surface area contributed by atoms with E-state index in [0.717, 1.165) is 23.2 Å². The maximum atomic E-state index is 5.99. The van der Waals surface area contributed by atoms with Crippen LogP contribution in [0.1, 0.15) is 17.9 Å². The molecule has 0 bridgehead atoms.